The predicted molar refractivity (Wildman–Crippen MR) is 114 cm³/mol. The summed E-state index contributed by atoms with van der Waals surface area (Å²) < 4.78 is 39.4. The van der Waals surface area contributed by atoms with Gasteiger partial charge in [0, 0.05) is 6.42 Å². The van der Waals surface area contributed by atoms with Crippen LogP contribution in [-0.2, 0) is 19.6 Å². The van der Waals surface area contributed by atoms with E-state index in [0.29, 0.717) is 25.9 Å². The first-order chi connectivity index (χ1) is 13.4. The number of rotatable bonds is 19. The van der Waals surface area contributed by atoms with Crippen LogP contribution in [0.1, 0.15) is 110 Å². The fraction of sp³-hybridized carbons (Fsp3) is 0.864. The van der Waals surface area contributed by atoms with Gasteiger partial charge in [0.1, 0.15) is 10.1 Å². The summed E-state index contributed by atoms with van der Waals surface area (Å²) in [4.78, 5) is 11.5. The molecule has 0 spiro atoms. The molecule has 5 nitrogen and oxygen atoms in total. The normalized spacial score (nSPS) is 12.7. The summed E-state index contributed by atoms with van der Waals surface area (Å²) >= 11 is 0. The van der Waals surface area contributed by atoms with Crippen LogP contribution in [0.15, 0.2) is 12.2 Å². The number of esters is 1. The predicted octanol–water partition coefficient (Wildman–Crippen LogP) is 2.89. The van der Waals surface area contributed by atoms with Gasteiger partial charge in [0.2, 0.25) is 0 Å². The Bertz CT molecular complexity index is 505. The Morgan fingerprint density at radius 2 is 1.48 bits per heavy atom. The number of unbranched alkanes of at least 4 members (excludes halogenated alkanes) is 10. The minimum atomic E-state index is -4.30. The third-order valence-electron chi connectivity index (χ3n) is 4.83. The van der Waals surface area contributed by atoms with E-state index in [2.05, 4.69) is 6.92 Å². The molecule has 1 atom stereocenters. The van der Waals surface area contributed by atoms with Crippen molar-refractivity contribution in [2.45, 2.75) is 115 Å². The summed E-state index contributed by atoms with van der Waals surface area (Å²) in [5, 5.41) is -0.924. The molecule has 166 valence electrons. The van der Waals surface area contributed by atoms with Crippen LogP contribution >= 0.6 is 0 Å². The molecule has 0 aromatic carbocycles. The fourth-order valence-electron chi connectivity index (χ4n) is 3.00. The third kappa shape index (κ3) is 21.1. The Morgan fingerprint density at radius 1 is 0.897 bits per heavy atom. The first-order valence-electron chi connectivity index (χ1n) is 11.2. The Hall–Kier alpha value is 0.120. The third-order valence-corrected chi connectivity index (χ3v) is 5.96. The van der Waals surface area contributed by atoms with Crippen LogP contribution in [0, 0.1) is 0 Å². The number of hydrogen-bond acceptors (Lipinski definition) is 5. The van der Waals surface area contributed by atoms with Gasteiger partial charge in [-0.3, -0.25) is 4.79 Å². The maximum atomic E-state index is 11.5. The van der Waals surface area contributed by atoms with Gasteiger partial charge in [0.25, 0.3) is 0 Å². The average Bonchev–Trinajstić information content (AvgIpc) is 2.64. The SMILES string of the molecule is CCCCCCCC/C=C\C(CCCCCCC(=O)OCCCC)S(=O)(=O)[O-].[Na+]. The average molecular weight is 441 g/mol. The molecular weight excluding hydrogens is 399 g/mol. The van der Waals surface area contributed by atoms with Gasteiger partial charge in [-0.1, -0.05) is 83.8 Å². The monoisotopic (exact) mass is 440 g/mol. The van der Waals surface area contributed by atoms with Gasteiger partial charge in [-0.2, -0.15) is 0 Å². The second kappa shape index (κ2) is 21.4. The molecule has 0 aromatic heterocycles. The summed E-state index contributed by atoms with van der Waals surface area (Å²) in [6.07, 6.45) is 17.2. The van der Waals surface area contributed by atoms with Gasteiger partial charge in [-0.25, -0.2) is 8.42 Å². The molecule has 0 radical (unpaired) electrons. The van der Waals surface area contributed by atoms with E-state index in [-0.39, 0.29) is 35.5 Å². The van der Waals surface area contributed by atoms with E-state index in [0.717, 1.165) is 51.4 Å². The topological polar surface area (TPSA) is 83.5 Å². The van der Waals surface area contributed by atoms with Gasteiger partial charge in [-0.05, 0) is 32.1 Å². The molecule has 0 rings (SSSR count). The van der Waals surface area contributed by atoms with Crippen LogP contribution in [0.3, 0.4) is 0 Å². The van der Waals surface area contributed by atoms with Crippen molar-refractivity contribution < 1.29 is 52.1 Å². The quantitative estimate of drug-likeness (QED) is 0.101. The summed E-state index contributed by atoms with van der Waals surface area (Å²) in [5.74, 6) is -0.161. The number of carbonyl (C=O) groups excluding carboxylic acids is 1. The minimum absolute atomic E-state index is 0. The number of carbonyl (C=O) groups is 1. The maximum absolute atomic E-state index is 11.5. The van der Waals surface area contributed by atoms with Gasteiger partial charge in [0.05, 0.1) is 11.9 Å². The first kappa shape index (κ1) is 31.3. The number of ether oxygens (including phenoxy) is 1. The van der Waals surface area contributed by atoms with E-state index in [4.69, 9.17) is 4.74 Å². The van der Waals surface area contributed by atoms with Crippen molar-refractivity contribution in [3.63, 3.8) is 0 Å². The van der Waals surface area contributed by atoms with Gasteiger partial charge in [0.15, 0.2) is 0 Å². The van der Waals surface area contributed by atoms with E-state index < -0.39 is 15.4 Å². The van der Waals surface area contributed by atoms with Crippen LogP contribution < -0.4 is 29.6 Å². The van der Waals surface area contributed by atoms with Crippen molar-refractivity contribution in [3.05, 3.63) is 12.2 Å². The molecule has 0 saturated carbocycles. The minimum Gasteiger partial charge on any atom is -0.747 e. The van der Waals surface area contributed by atoms with Crippen LogP contribution in [-0.4, -0.2) is 30.8 Å². The molecule has 0 aliphatic rings. The van der Waals surface area contributed by atoms with Gasteiger partial charge in [-0.15, -0.1) is 0 Å². The zero-order chi connectivity index (χ0) is 21.1. The summed E-state index contributed by atoms with van der Waals surface area (Å²) in [6.45, 7) is 4.73. The summed E-state index contributed by atoms with van der Waals surface area (Å²) in [7, 11) is -4.30. The zero-order valence-corrected chi connectivity index (χ0v) is 21.8. The molecule has 0 fully saturated rings. The van der Waals surface area contributed by atoms with Crippen LogP contribution in [0.25, 0.3) is 0 Å². The van der Waals surface area contributed by atoms with Crippen molar-refractivity contribution in [2.24, 2.45) is 0 Å². The molecule has 0 saturated heterocycles. The summed E-state index contributed by atoms with van der Waals surface area (Å²) in [5.41, 5.74) is 0. The van der Waals surface area contributed by atoms with Crippen molar-refractivity contribution in [1.29, 1.82) is 0 Å². The van der Waals surface area contributed by atoms with E-state index in [9.17, 15) is 17.8 Å². The molecule has 0 N–H and O–H groups in total. The number of hydrogen-bond donors (Lipinski definition) is 0. The molecule has 1 unspecified atom stereocenters. The van der Waals surface area contributed by atoms with Crippen molar-refractivity contribution >= 4 is 16.1 Å². The number of allylic oxidation sites excluding steroid dienone is 1. The summed E-state index contributed by atoms with van der Waals surface area (Å²) in [6, 6.07) is 0. The first-order valence-corrected chi connectivity index (χ1v) is 12.7. The Balaban J connectivity index is 0. The van der Waals surface area contributed by atoms with Gasteiger partial charge < -0.3 is 9.29 Å². The Kier molecular flexibility index (Phi) is 23.1. The molecule has 0 aliphatic carbocycles. The van der Waals surface area contributed by atoms with E-state index in [1.165, 1.54) is 25.7 Å². The van der Waals surface area contributed by atoms with Crippen molar-refractivity contribution in [3.8, 4) is 0 Å². The zero-order valence-electron chi connectivity index (χ0n) is 19.0. The van der Waals surface area contributed by atoms with Crippen LogP contribution in [0.2, 0.25) is 0 Å². The molecule has 0 amide bonds. The van der Waals surface area contributed by atoms with Gasteiger partial charge >= 0.3 is 35.5 Å². The molecule has 0 bridgehead atoms. The maximum Gasteiger partial charge on any atom is 1.00 e. The second-order valence-electron chi connectivity index (χ2n) is 7.54. The Morgan fingerprint density at radius 3 is 2.14 bits per heavy atom. The largest absolute Gasteiger partial charge is 1.00 e. The molecule has 29 heavy (non-hydrogen) atoms. The molecule has 7 heteroatoms. The van der Waals surface area contributed by atoms with Crippen molar-refractivity contribution in [2.75, 3.05) is 6.61 Å². The molecular formula is C22H41NaO5S. The fourth-order valence-corrected chi connectivity index (χ4v) is 3.76. The van der Waals surface area contributed by atoms with E-state index in [1.54, 1.807) is 6.08 Å². The molecule has 0 heterocycles. The Labute approximate surface area is 201 Å². The van der Waals surface area contributed by atoms with Crippen LogP contribution in [0.4, 0.5) is 0 Å². The van der Waals surface area contributed by atoms with Crippen molar-refractivity contribution in [1.82, 2.24) is 0 Å². The smallest absolute Gasteiger partial charge is 0.747 e. The molecule has 0 aliphatic heterocycles. The second-order valence-corrected chi connectivity index (χ2v) is 9.13. The standard InChI is InChI=1S/C22H42O5S.Na/c1-3-5-7-8-9-10-11-14-17-21(28(24,25)26)18-15-12-13-16-19-22(23)27-20-6-4-2;/h14,17,21H,3-13,15-16,18-20H2,1-2H3,(H,24,25,26);/q;+1/p-1/b17-14-;. The van der Waals surface area contributed by atoms with E-state index >= 15 is 0 Å². The molecule has 0 aromatic rings. The van der Waals surface area contributed by atoms with E-state index in [1.807, 2.05) is 13.0 Å². The van der Waals surface area contributed by atoms with Crippen LogP contribution in [0.5, 0.6) is 0 Å².